The molecule has 76 valence electrons. The number of allylic oxidation sites excluding steroid dienone is 1. The molecule has 0 aromatic rings. The molecule has 0 aliphatic carbocycles. The third-order valence-corrected chi connectivity index (χ3v) is 2.25. The minimum Gasteiger partial charge on any atom is -0.441 e. The van der Waals surface area contributed by atoms with Crippen molar-refractivity contribution in [2.75, 3.05) is 13.2 Å². The van der Waals surface area contributed by atoms with E-state index in [2.05, 4.69) is 4.99 Å². The second-order valence-electron chi connectivity index (χ2n) is 3.27. The van der Waals surface area contributed by atoms with E-state index >= 15 is 0 Å². The lowest BCUT2D eigenvalue weighted by molar-refractivity contribution is 0.0954. The van der Waals surface area contributed by atoms with Crippen molar-refractivity contribution in [3.63, 3.8) is 0 Å². The van der Waals surface area contributed by atoms with E-state index in [1.807, 2.05) is 6.08 Å². The van der Waals surface area contributed by atoms with Crippen LogP contribution in [0.2, 0.25) is 0 Å². The fraction of sp³-hybridized carbons (Fsp3) is 0.556. The number of carbonyl (C=O) groups is 1. The number of amides is 1. The van der Waals surface area contributed by atoms with Crippen LogP contribution < -0.4 is 0 Å². The van der Waals surface area contributed by atoms with Crippen molar-refractivity contribution in [1.29, 1.82) is 0 Å². The largest absolute Gasteiger partial charge is 0.441 e. The van der Waals surface area contributed by atoms with E-state index in [-0.39, 0.29) is 6.61 Å². The monoisotopic (exact) mass is 196 g/mol. The Labute approximate surface area is 81.7 Å². The lowest BCUT2D eigenvalue weighted by atomic mass is 10.2. The van der Waals surface area contributed by atoms with Crippen LogP contribution in [0.4, 0.5) is 4.79 Å². The number of ether oxygens (including phenoxy) is 1. The number of amidine groups is 1. The molecule has 0 unspecified atom stereocenters. The predicted molar refractivity (Wildman–Crippen MR) is 49.9 cm³/mol. The summed E-state index contributed by atoms with van der Waals surface area (Å²) in [6.07, 6.45) is 4.48. The Kier molecular flexibility index (Phi) is 2.49. The van der Waals surface area contributed by atoms with Crippen molar-refractivity contribution in [3.8, 4) is 0 Å². The molecule has 0 spiro atoms. The van der Waals surface area contributed by atoms with Gasteiger partial charge in [-0.25, -0.2) is 9.79 Å². The van der Waals surface area contributed by atoms with Gasteiger partial charge in [0.05, 0.1) is 13.2 Å². The van der Waals surface area contributed by atoms with E-state index in [9.17, 15) is 4.79 Å². The van der Waals surface area contributed by atoms with Gasteiger partial charge in [-0.05, 0) is 6.42 Å². The maximum Gasteiger partial charge on any atom is 0.415 e. The van der Waals surface area contributed by atoms with Gasteiger partial charge in [0.25, 0.3) is 0 Å². The van der Waals surface area contributed by atoms with Crippen LogP contribution in [-0.4, -0.2) is 41.2 Å². The molecule has 0 saturated carbocycles. The van der Waals surface area contributed by atoms with Gasteiger partial charge in [0.2, 0.25) is 0 Å². The van der Waals surface area contributed by atoms with Crippen LogP contribution in [0, 0.1) is 0 Å². The van der Waals surface area contributed by atoms with Gasteiger partial charge in [-0.2, -0.15) is 0 Å². The first-order valence-electron chi connectivity index (χ1n) is 4.62. The van der Waals surface area contributed by atoms with Crippen LogP contribution in [0.15, 0.2) is 17.3 Å². The zero-order chi connectivity index (χ0) is 9.97. The van der Waals surface area contributed by atoms with Crippen LogP contribution >= 0.6 is 0 Å². The smallest absolute Gasteiger partial charge is 0.415 e. The third-order valence-electron chi connectivity index (χ3n) is 2.25. The van der Waals surface area contributed by atoms with Crippen molar-refractivity contribution >= 4 is 11.9 Å². The van der Waals surface area contributed by atoms with Crippen molar-refractivity contribution < 1.29 is 14.6 Å². The van der Waals surface area contributed by atoms with E-state index in [1.54, 1.807) is 6.20 Å². The lowest BCUT2D eigenvalue weighted by Crippen LogP contribution is -2.33. The highest BCUT2D eigenvalue weighted by Gasteiger charge is 2.33. The molecule has 2 aliphatic rings. The molecule has 0 radical (unpaired) electrons. The molecular formula is C9H12N2O3. The minimum absolute atomic E-state index is 0.134. The maximum atomic E-state index is 11.3. The lowest BCUT2D eigenvalue weighted by Gasteiger charge is -2.16. The average molecular weight is 196 g/mol. The van der Waals surface area contributed by atoms with E-state index in [0.717, 1.165) is 18.7 Å². The molecule has 2 rings (SSSR count). The van der Waals surface area contributed by atoms with Crippen LogP contribution in [0.3, 0.4) is 0 Å². The normalized spacial score (nSPS) is 26.4. The first-order chi connectivity index (χ1) is 6.81. The van der Waals surface area contributed by atoms with Gasteiger partial charge in [0.15, 0.2) is 0 Å². The van der Waals surface area contributed by atoms with E-state index < -0.39 is 12.2 Å². The fourth-order valence-electron chi connectivity index (χ4n) is 1.52. The summed E-state index contributed by atoms with van der Waals surface area (Å²) in [5, 5.41) is 8.84. The number of cyclic esters (lactones) is 1. The molecular weight excluding hydrogens is 184 g/mol. The third kappa shape index (κ3) is 1.63. The molecule has 14 heavy (non-hydrogen) atoms. The zero-order valence-electron chi connectivity index (χ0n) is 7.72. The molecule has 0 bridgehead atoms. The van der Waals surface area contributed by atoms with Gasteiger partial charge >= 0.3 is 6.09 Å². The summed E-state index contributed by atoms with van der Waals surface area (Å²) in [5.74, 6) is 0.730. The topological polar surface area (TPSA) is 62.1 Å². The number of hydrogen-bond acceptors (Lipinski definition) is 4. The van der Waals surface area contributed by atoms with Gasteiger partial charge in [-0.1, -0.05) is 6.08 Å². The molecule has 5 heteroatoms. The molecule has 2 heterocycles. The maximum absolute atomic E-state index is 11.3. The van der Waals surface area contributed by atoms with E-state index in [1.165, 1.54) is 4.90 Å². The van der Waals surface area contributed by atoms with Crippen LogP contribution in [-0.2, 0) is 4.74 Å². The number of aliphatic imine (C=N–C) groups is 1. The highest BCUT2D eigenvalue weighted by atomic mass is 16.6. The quantitative estimate of drug-likeness (QED) is 0.664. The summed E-state index contributed by atoms with van der Waals surface area (Å²) in [4.78, 5) is 16.9. The van der Waals surface area contributed by atoms with Crippen LogP contribution in [0.25, 0.3) is 0 Å². The number of hydrogen-bond donors (Lipinski definition) is 1. The number of carbonyl (C=O) groups excluding carboxylic acids is 1. The predicted octanol–water partition coefficient (Wildman–Crippen LogP) is 0.506. The minimum atomic E-state index is -0.406. The molecule has 1 N–H and O–H groups in total. The van der Waals surface area contributed by atoms with Gasteiger partial charge < -0.3 is 9.84 Å². The fourth-order valence-corrected chi connectivity index (χ4v) is 1.52. The Balaban J connectivity index is 2.08. The Hall–Kier alpha value is -1.36. The zero-order valence-corrected chi connectivity index (χ0v) is 7.72. The Bertz CT molecular complexity index is 298. The van der Waals surface area contributed by atoms with Crippen molar-refractivity contribution in [1.82, 2.24) is 4.90 Å². The van der Waals surface area contributed by atoms with Crippen molar-refractivity contribution in [2.24, 2.45) is 4.99 Å². The summed E-state index contributed by atoms with van der Waals surface area (Å²) in [6, 6.07) is 0. The molecule has 1 amide bonds. The Morgan fingerprint density at radius 1 is 1.71 bits per heavy atom. The number of nitrogens with zero attached hydrogens (tertiary/aromatic N) is 2. The van der Waals surface area contributed by atoms with Gasteiger partial charge in [-0.15, -0.1) is 0 Å². The number of aliphatic hydroxyl groups excluding tert-OH is 1. The second kappa shape index (κ2) is 3.79. The van der Waals surface area contributed by atoms with Crippen LogP contribution in [0.5, 0.6) is 0 Å². The van der Waals surface area contributed by atoms with Gasteiger partial charge in [0.1, 0.15) is 11.9 Å². The summed E-state index contributed by atoms with van der Waals surface area (Å²) in [5.41, 5.74) is 0. The first-order valence-corrected chi connectivity index (χ1v) is 4.62. The first kappa shape index (κ1) is 9.21. The summed E-state index contributed by atoms with van der Waals surface area (Å²) >= 11 is 0. The Morgan fingerprint density at radius 3 is 3.14 bits per heavy atom. The molecule has 1 fully saturated rings. The standard InChI is InChI=1S/C9H12N2O3/c12-6-7-5-11(9(13)14-7)8-3-1-2-4-10-8/h2,4,7,12H,1,3,5-6H2/t7-/m1/s1. The summed E-state index contributed by atoms with van der Waals surface area (Å²) in [7, 11) is 0. The number of aliphatic hydroxyl groups is 1. The van der Waals surface area contributed by atoms with E-state index in [4.69, 9.17) is 9.84 Å². The molecule has 0 aromatic carbocycles. The second-order valence-corrected chi connectivity index (χ2v) is 3.27. The SMILES string of the molecule is O=C1O[C@@H](CO)CN1C1=NC=CCC1. The Morgan fingerprint density at radius 2 is 2.57 bits per heavy atom. The van der Waals surface area contributed by atoms with Crippen molar-refractivity contribution in [3.05, 3.63) is 12.3 Å². The summed E-state index contributed by atoms with van der Waals surface area (Å²) < 4.78 is 4.91. The highest BCUT2D eigenvalue weighted by Crippen LogP contribution is 2.16. The molecule has 1 atom stereocenters. The van der Waals surface area contributed by atoms with Crippen LogP contribution in [0.1, 0.15) is 12.8 Å². The van der Waals surface area contributed by atoms with E-state index in [0.29, 0.717) is 6.54 Å². The average Bonchev–Trinajstić information content (AvgIpc) is 2.61. The van der Waals surface area contributed by atoms with Crippen molar-refractivity contribution in [2.45, 2.75) is 18.9 Å². The molecule has 1 saturated heterocycles. The molecule has 0 aromatic heterocycles. The van der Waals surface area contributed by atoms with Gasteiger partial charge in [-0.3, -0.25) is 4.90 Å². The molecule has 2 aliphatic heterocycles. The summed E-state index contributed by atoms with van der Waals surface area (Å²) in [6.45, 7) is 0.271. The van der Waals surface area contributed by atoms with Gasteiger partial charge in [0, 0.05) is 12.6 Å². The highest BCUT2D eigenvalue weighted by molar-refractivity contribution is 5.97. The molecule has 5 nitrogen and oxygen atoms in total. The number of rotatable bonds is 1.